The van der Waals surface area contributed by atoms with Crippen LogP contribution in [0.25, 0.3) is 0 Å². The second-order valence-electron chi connectivity index (χ2n) is 7.40. The summed E-state index contributed by atoms with van der Waals surface area (Å²) in [5, 5.41) is 6.94. The number of oxime groups is 1. The van der Waals surface area contributed by atoms with E-state index in [9.17, 15) is 18.0 Å². The Balaban J connectivity index is 2.25. The van der Waals surface area contributed by atoms with Crippen molar-refractivity contribution in [3.05, 3.63) is 50.4 Å². The van der Waals surface area contributed by atoms with Crippen LogP contribution in [0.2, 0.25) is 0 Å². The molecule has 0 saturated carbocycles. The number of H-pyrrole nitrogens is 1. The largest absolute Gasteiger partial charge is 0.393 e. The summed E-state index contributed by atoms with van der Waals surface area (Å²) in [5.41, 5.74) is 1.74. The normalized spacial score (nSPS) is 16.8. The van der Waals surface area contributed by atoms with Gasteiger partial charge in [-0.1, -0.05) is 5.16 Å². The zero-order valence-electron chi connectivity index (χ0n) is 17.2. The minimum absolute atomic E-state index is 0.0184. The first-order valence-corrected chi connectivity index (χ1v) is 11.2. The third kappa shape index (κ3) is 3.66. The number of benzene rings is 1. The van der Waals surface area contributed by atoms with Gasteiger partial charge in [0.15, 0.2) is 15.6 Å². The van der Waals surface area contributed by atoms with Crippen LogP contribution in [0.4, 0.5) is 0 Å². The van der Waals surface area contributed by atoms with Gasteiger partial charge < -0.3 is 9.94 Å². The van der Waals surface area contributed by atoms with E-state index in [2.05, 4.69) is 10.3 Å². The fourth-order valence-electron chi connectivity index (χ4n) is 3.55. The molecule has 0 bridgehead atoms. The summed E-state index contributed by atoms with van der Waals surface area (Å²) in [6, 6.07) is 1.54. The lowest BCUT2D eigenvalue weighted by Gasteiger charge is -2.24. The highest BCUT2D eigenvalue weighted by Crippen LogP contribution is 2.34. The highest BCUT2D eigenvalue weighted by atomic mass is 32.2. The molecule has 0 atom stereocenters. The molecule has 0 radical (unpaired) electrons. The predicted octanol–water partition coefficient (Wildman–Crippen LogP) is 2.35. The van der Waals surface area contributed by atoms with Crippen molar-refractivity contribution >= 4 is 21.3 Å². The maximum absolute atomic E-state index is 13.1. The van der Waals surface area contributed by atoms with E-state index in [1.165, 1.54) is 10.9 Å². The molecule has 1 aliphatic rings. The van der Waals surface area contributed by atoms with Gasteiger partial charge in [-0.15, -0.1) is 0 Å². The first-order valence-electron chi connectivity index (χ1n) is 9.51. The Bertz CT molecular complexity index is 1170. The topological polar surface area (TPSA) is 111 Å². The monoisotopic (exact) mass is 419 g/mol. The van der Waals surface area contributed by atoms with E-state index in [1.54, 1.807) is 26.8 Å². The molecule has 0 amide bonds. The lowest BCUT2D eigenvalue weighted by atomic mass is 9.91. The molecule has 2 heterocycles. The average Bonchev–Trinajstić information content (AvgIpc) is 3.02. The van der Waals surface area contributed by atoms with Crippen molar-refractivity contribution in [1.29, 1.82) is 0 Å². The molecule has 8 nitrogen and oxygen atoms in total. The van der Waals surface area contributed by atoms with Crippen molar-refractivity contribution in [1.82, 2.24) is 9.78 Å². The standard InChI is InChI=1S/C20H25N3O5S/c1-6-23-20(25)15(10-21-23)18(24)14-9-12(4)19-17(13(14)5)16(22-28-11(2)3)7-8-29(19,26)27/h9-11,21H,6-8H2,1-5H3. The SMILES string of the molecule is CCn1[nH]cc(C(=O)c2cc(C)c3c(c2C)C(=NOC(C)C)CCS3(=O)=O)c1=O. The van der Waals surface area contributed by atoms with Gasteiger partial charge in [-0.25, -0.2) is 8.42 Å². The molecule has 29 heavy (non-hydrogen) atoms. The minimum atomic E-state index is -3.50. The lowest BCUT2D eigenvalue weighted by molar-refractivity contribution is 0.0856. The Morgan fingerprint density at radius 3 is 2.59 bits per heavy atom. The van der Waals surface area contributed by atoms with Crippen LogP contribution in [0.5, 0.6) is 0 Å². The first kappa shape index (κ1) is 21.0. The molecule has 1 aromatic carbocycles. The summed E-state index contributed by atoms with van der Waals surface area (Å²) in [5.74, 6) is -0.513. The molecule has 2 aromatic rings. The smallest absolute Gasteiger partial charge is 0.277 e. The van der Waals surface area contributed by atoms with Gasteiger partial charge >= 0.3 is 0 Å². The van der Waals surface area contributed by atoms with Crippen molar-refractivity contribution in [3.63, 3.8) is 0 Å². The predicted molar refractivity (Wildman–Crippen MR) is 110 cm³/mol. The van der Waals surface area contributed by atoms with E-state index in [-0.39, 0.29) is 34.3 Å². The fraction of sp³-hybridized carbons (Fsp3) is 0.450. The van der Waals surface area contributed by atoms with Crippen molar-refractivity contribution in [3.8, 4) is 0 Å². The third-order valence-corrected chi connectivity index (χ3v) is 6.84. The summed E-state index contributed by atoms with van der Waals surface area (Å²) >= 11 is 0. The third-order valence-electron chi connectivity index (χ3n) is 4.95. The van der Waals surface area contributed by atoms with Crippen LogP contribution in [0.15, 0.2) is 27.1 Å². The number of ketones is 1. The van der Waals surface area contributed by atoms with Crippen LogP contribution in [0.3, 0.4) is 0 Å². The van der Waals surface area contributed by atoms with Crippen LogP contribution in [-0.4, -0.2) is 41.6 Å². The maximum Gasteiger partial charge on any atom is 0.277 e. The quantitative estimate of drug-likeness (QED) is 0.591. The minimum Gasteiger partial charge on any atom is -0.393 e. The summed E-state index contributed by atoms with van der Waals surface area (Å²) < 4.78 is 26.8. The van der Waals surface area contributed by atoms with Gasteiger partial charge in [0, 0.05) is 30.3 Å². The van der Waals surface area contributed by atoms with Gasteiger partial charge in [-0.05, 0) is 51.8 Å². The molecule has 3 rings (SSSR count). The summed E-state index contributed by atoms with van der Waals surface area (Å²) in [7, 11) is -3.50. The molecule has 1 aromatic heterocycles. The number of aromatic nitrogens is 2. The number of fused-ring (bicyclic) bond motifs is 1. The van der Waals surface area contributed by atoms with Gasteiger partial charge in [-0.2, -0.15) is 0 Å². The van der Waals surface area contributed by atoms with Crippen LogP contribution in [0, 0.1) is 13.8 Å². The molecular formula is C20H25N3O5S. The van der Waals surface area contributed by atoms with E-state index in [0.29, 0.717) is 28.9 Å². The molecule has 156 valence electrons. The van der Waals surface area contributed by atoms with Crippen molar-refractivity contribution in [2.75, 3.05) is 5.75 Å². The molecule has 0 aliphatic carbocycles. The molecule has 0 unspecified atom stereocenters. The number of carbonyl (C=O) groups is 1. The maximum atomic E-state index is 13.1. The van der Waals surface area contributed by atoms with E-state index < -0.39 is 21.2 Å². The van der Waals surface area contributed by atoms with Gasteiger partial charge in [0.25, 0.3) is 5.56 Å². The fourth-order valence-corrected chi connectivity index (χ4v) is 5.34. The Morgan fingerprint density at radius 2 is 2.00 bits per heavy atom. The summed E-state index contributed by atoms with van der Waals surface area (Å²) in [6.45, 7) is 9.20. The Hall–Kier alpha value is -2.68. The first-order chi connectivity index (χ1) is 13.6. The molecule has 0 spiro atoms. The number of aryl methyl sites for hydroxylation is 2. The van der Waals surface area contributed by atoms with Gasteiger partial charge in [0.05, 0.1) is 16.4 Å². The summed E-state index contributed by atoms with van der Waals surface area (Å²) in [6.07, 6.45) is 1.42. The highest BCUT2D eigenvalue weighted by molar-refractivity contribution is 7.91. The number of rotatable bonds is 5. The van der Waals surface area contributed by atoms with Gasteiger partial charge in [-0.3, -0.25) is 14.3 Å². The lowest BCUT2D eigenvalue weighted by Crippen LogP contribution is -2.27. The molecule has 9 heteroatoms. The Morgan fingerprint density at radius 1 is 1.31 bits per heavy atom. The van der Waals surface area contributed by atoms with E-state index in [4.69, 9.17) is 4.84 Å². The van der Waals surface area contributed by atoms with Gasteiger partial charge in [0.2, 0.25) is 0 Å². The number of aromatic amines is 1. The highest BCUT2D eigenvalue weighted by Gasteiger charge is 2.34. The molecular weight excluding hydrogens is 394 g/mol. The molecule has 0 saturated heterocycles. The average molecular weight is 420 g/mol. The number of sulfone groups is 1. The van der Waals surface area contributed by atoms with E-state index >= 15 is 0 Å². The van der Waals surface area contributed by atoms with Crippen LogP contribution in [0.1, 0.15) is 59.8 Å². The van der Waals surface area contributed by atoms with Crippen LogP contribution < -0.4 is 5.56 Å². The Labute approximate surface area is 169 Å². The van der Waals surface area contributed by atoms with E-state index in [0.717, 1.165) is 0 Å². The van der Waals surface area contributed by atoms with Crippen LogP contribution in [-0.2, 0) is 21.2 Å². The van der Waals surface area contributed by atoms with Gasteiger partial charge in [0.1, 0.15) is 11.7 Å². The second-order valence-corrected chi connectivity index (χ2v) is 9.44. The van der Waals surface area contributed by atoms with Crippen LogP contribution >= 0.6 is 0 Å². The number of hydrogen-bond acceptors (Lipinski definition) is 6. The van der Waals surface area contributed by atoms with Crippen molar-refractivity contribution in [2.24, 2.45) is 5.16 Å². The molecule has 1 N–H and O–H groups in total. The second kappa shape index (κ2) is 7.62. The van der Waals surface area contributed by atoms with E-state index in [1.807, 2.05) is 13.8 Å². The number of nitrogens with one attached hydrogen (secondary N) is 1. The number of hydrogen-bond donors (Lipinski definition) is 1. The zero-order valence-corrected chi connectivity index (χ0v) is 18.0. The summed E-state index contributed by atoms with van der Waals surface area (Å²) in [4.78, 5) is 31.1. The molecule has 0 fully saturated rings. The number of carbonyl (C=O) groups excluding carboxylic acids is 1. The Kier molecular flexibility index (Phi) is 5.53. The van der Waals surface area contributed by atoms with Crippen molar-refractivity contribution < 1.29 is 18.0 Å². The molecule has 1 aliphatic heterocycles. The van der Waals surface area contributed by atoms with Crippen molar-refractivity contribution in [2.45, 2.75) is 58.6 Å². The number of nitrogens with zero attached hydrogens (tertiary/aromatic N) is 2. The zero-order chi connectivity index (χ0) is 21.5.